The van der Waals surface area contributed by atoms with Gasteiger partial charge in [0.05, 0.1) is 18.2 Å². The van der Waals surface area contributed by atoms with Crippen LogP contribution in [0.15, 0.2) is 22.8 Å². The molecule has 3 unspecified atom stereocenters. The van der Waals surface area contributed by atoms with Crippen molar-refractivity contribution in [3.05, 3.63) is 28.5 Å². The summed E-state index contributed by atoms with van der Waals surface area (Å²) in [4.78, 5) is 16.2. The van der Waals surface area contributed by atoms with Gasteiger partial charge in [-0.3, -0.25) is 9.78 Å². The molecule has 6 heteroatoms. The van der Waals surface area contributed by atoms with Crippen LogP contribution in [0.3, 0.4) is 0 Å². The Bertz CT molecular complexity index is 467. The second kappa shape index (κ2) is 6.61. The number of alkyl halides is 2. The fourth-order valence-electron chi connectivity index (χ4n) is 2.33. The van der Waals surface area contributed by atoms with Crippen LogP contribution >= 0.6 is 15.9 Å². The molecule has 0 spiro atoms. The molecule has 3 atom stereocenters. The SMILES string of the molecule is CCOC(=O)C(CC1CC1C(F)F)c1ccc(Br)cn1. The summed E-state index contributed by atoms with van der Waals surface area (Å²) < 4.78 is 31.0. The average Bonchev–Trinajstić information content (AvgIpc) is 3.17. The first-order chi connectivity index (χ1) is 9.52. The number of carbonyl (C=O) groups excluding carboxylic acids is 1. The summed E-state index contributed by atoms with van der Waals surface area (Å²) in [5.41, 5.74) is 0.576. The first kappa shape index (κ1) is 15.4. The van der Waals surface area contributed by atoms with E-state index in [0.717, 1.165) is 4.47 Å². The van der Waals surface area contributed by atoms with Gasteiger partial charge in [-0.05, 0) is 53.7 Å². The Morgan fingerprint density at radius 3 is 2.80 bits per heavy atom. The van der Waals surface area contributed by atoms with Crippen LogP contribution in [0.5, 0.6) is 0 Å². The van der Waals surface area contributed by atoms with E-state index in [-0.39, 0.29) is 18.5 Å². The van der Waals surface area contributed by atoms with Gasteiger partial charge >= 0.3 is 5.97 Å². The maximum atomic E-state index is 12.6. The van der Waals surface area contributed by atoms with Crippen LogP contribution in [-0.2, 0) is 9.53 Å². The van der Waals surface area contributed by atoms with Crippen LogP contribution < -0.4 is 0 Å². The molecular formula is C14H16BrF2NO2. The van der Waals surface area contributed by atoms with Gasteiger partial charge in [-0.25, -0.2) is 8.78 Å². The summed E-state index contributed by atoms with van der Waals surface area (Å²) in [6.07, 6.45) is 0.145. The Hall–Kier alpha value is -1.04. The highest BCUT2D eigenvalue weighted by molar-refractivity contribution is 9.10. The summed E-state index contributed by atoms with van der Waals surface area (Å²) in [6.45, 7) is 2.00. The van der Waals surface area contributed by atoms with Gasteiger partial charge < -0.3 is 4.74 Å². The number of halogens is 3. The Labute approximate surface area is 124 Å². The Morgan fingerprint density at radius 1 is 1.55 bits per heavy atom. The number of carbonyl (C=O) groups is 1. The summed E-state index contributed by atoms with van der Waals surface area (Å²) in [6, 6.07) is 3.51. The summed E-state index contributed by atoms with van der Waals surface area (Å²) >= 11 is 3.28. The highest BCUT2D eigenvalue weighted by Crippen LogP contribution is 2.48. The lowest BCUT2D eigenvalue weighted by molar-refractivity contribution is -0.145. The summed E-state index contributed by atoms with van der Waals surface area (Å²) in [5, 5.41) is 0. The van der Waals surface area contributed by atoms with Gasteiger partial charge in [0.15, 0.2) is 0 Å². The largest absolute Gasteiger partial charge is 0.465 e. The van der Waals surface area contributed by atoms with Crippen molar-refractivity contribution < 1.29 is 18.3 Å². The molecule has 1 fully saturated rings. The normalized spacial score (nSPS) is 22.6. The van der Waals surface area contributed by atoms with Gasteiger partial charge in [-0.2, -0.15) is 0 Å². The number of pyridine rings is 1. The molecule has 0 saturated heterocycles. The zero-order valence-electron chi connectivity index (χ0n) is 11.1. The van der Waals surface area contributed by atoms with Crippen LogP contribution in [0.25, 0.3) is 0 Å². The van der Waals surface area contributed by atoms with E-state index in [9.17, 15) is 13.6 Å². The molecule has 3 nitrogen and oxygen atoms in total. The van der Waals surface area contributed by atoms with Crippen molar-refractivity contribution in [2.45, 2.75) is 32.1 Å². The number of rotatable bonds is 6. The molecule has 0 aliphatic heterocycles. The molecule has 0 bridgehead atoms. The highest BCUT2D eigenvalue weighted by Gasteiger charge is 2.46. The third-order valence-electron chi connectivity index (χ3n) is 3.52. The van der Waals surface area contributed by atoms with Crippen molar-refractivity contribution in [1.29, 1.82) is 0 Å². The molecule has 0 radical (unpaired) electrons. The Balaban J connectivity index is 2.09. The quantitative estimate of drug-likeness (QED) is 0.735. The predicted molar refractivity (Wildman–Crippen MR) is 73.5 cm³/mol. The lowest BCUT2D eigenvalue weighted by Crippen LogP contribution is -2.18. The molecule has 1 aromatic rings. The van der Waals surface area contributed by atoms with E-state index >= 15 is 0 Å². The monoisotopic (exact) mass is 347 g/mol. The van der Waals surface area contributed by atoms with Crippen molar-refractivity contribution in [3.63, 3.8) is 0 Å². The molecule has 1 saturated carbocycles. The average molecular weight is 348 g/mol. The van der Waals surface area contributed by atoms with Crippen molar-refractivity contribution >= 4 is 21.9 Å². The van der Waals surface area contributed by atoms with Crippen LogP contribution in [0.2, 0.25) is 0 Å². The van der Waals surface area contributed by atoms with E-state index in [1.165, 1.54) is 0 Å². The molecule has 2 rings (SSSR count). The highest BCUT2D eigenvalue weighted by atomic mass is 79.9. The third kappa shape index (κ3) is 3.75. The molecule has 0 amide bonds. The zero-order chi connectivity index (χ0) is 14.7. The topological polar surface area (TPSA) is 39.2 Å². The van der Waals surface area contributed by atoms with Crippen LogP contribution in [0, 0.1) is 11.8 Å². The standard InChI is InChI=1S/C14H16BrF2NO2/c1-2-20-14(19)11(6-8-5-10(8)13(16)17)12-4-3-9(15)7-18-12/h3-4,7-8,10-11,13H,2,5-6H2,1H3. The number of hydrogen-bond acceptors (Lipinski definition) is 3. The minimum atomic E-state index is -2.30. The molecule has 20 heavy (non-hydrogen) atoms. The van der Waals surface area contributed by atoms with Gasteiger partial charge in [0.25, 0.3) is 0 Å². The predicted octanol–water partition coefficient (Wildman–Crippen LogP) is 3.78. The number of ether oxygens (including phenoxy) is 1. The second-order valence-electron chi connectivity index (χ2n) is 4.94. The van der Waals surface area contributed by atoms with Gasteiger partial charge in [0, 0.05) is 16.6 Å². The summed E-state index contributed by atoms with van der Waals surface area (Å²) in [5.74, 6) is -1.64. The zero-order valence-corrected chi connectivity index (χ0v) is 12.6. The van der Waals surface area contributed by atoms with E-state index < -0.39 is 18.3 Å². The lowest BCUT2D eigenvalue weighted by atomic mass is 9.97. The maximum Gasteiger partial charge on any atom is 0.315 e. The maximum absolute atomic E-state index is 12.6. The first-order valence-corrected chi connectivity index (χ1v) is 7.38. The Morgan fingerprint density at radius 2 is 2.30 bits per heavy atom. The molecule has 110 valence electrons. The van der Waals surface area contributed by atoms with Crippen LogP contribution in [-0.4, -0.2) is 24.0 Å². The molecule has 1 aromatic heterocycles. The number of esters is 1. The van der Waals surface area contributed by atoms with Gasteiger partial charge in [0.1, 0.15) is 0 Å². The molecule has 1 heterocycles. The number of nitrogens with zero attached hydrogens (tertiary/aromatic N) is 1. The Kier molecular flexibility index (Phi) is 5.07. The van der Waals surface area contributed by atoms with E-state index in [1.54, 1.807) is 25.3 Å². The van der Waals surface area contributed by atoms with Crippen molar-refractivity contribution in [2.24, 2.45) is 11.8 Å². The van der Waals surface area contributed by atoms with Crippen LogP contribution in [0.4, 0.5) is 8.78 Å². The molecule has 0 N–H and O–H groups in total. The van der Waals surface area contributed by atoms with E-state index in [2.05, 4.69) is 20.9 Å². The van der Waals surface area contributed by atoms with Gasteiger partial charge in [-0.15, -0.1) is 0 Å². The van der Waals surface area contributed by atoms with E-state index in [0.29, 0.717) is 18.5 Å². The van der Waals surface area contributed by atoms with Crippen molar-refractivity contribution in [1.82, 2.24) is 4.98 Å². The van der Waals surface area contributed by atoms with E-state index in [4.69, 9.17) is 4.74 Å². The smallest absolute Gasteiger partial charge is 0.315 e. The van der Waals surface area contributed by atoms with Crippen molar-refractivity contribution in [3.8, 4) is 0 Å². The van der Waals surface area contributed by atoms with Gasteiger partial charge in [-0.1, -0.05) is 0 Å². The number of aromatic nitrogens is 1. The molecular weight excluding hydrogens is 332 g/mol. The minimum absolute atomic E-state index is 0.116. The molecule has 0 aromatic carbocycles. The fourth-order valence-corrected chi connectivity index (χ4v) is 2.56. The van der Waals surface area contributed by atoms with Gasteiger partial charge in [0.2, 0.25) is 6.43 Å². The van der Waals surface area contributed by atoms with Crippen LogP contribution in [0.1, 0.15) is 31.4 Å². The fraction of sp³-hybridized carbons (Fsp3) is 0.571. The second-order valence-corrected chi connectivity index (χ2v) is 5.85. The summed E-state index contributed by atoms with van der Waals surface area (Å²) in [7, 11) is 0. The third-order valence-corrected chi connectivity index (χ3v) is 3.99. The first-order valence-electron chi connectivity index (χ1n) is 6.59. The lowest BCUT2D eigenvalue weighted by Gasteiger charge is -2.15. The van der Waals surface area contributed by atoms with Crippen molar-refractivity contribution in [2.75, 3.05) is 6.61 Å². The minimum Gasteiger partial charge on any atom is -0.465 e. The molecule has 1 aliphatic rings. The molecule has 1 aliphatic carbocycles. The van der Waals surface area contributed by atoms with E-state index in [1.807, 2.05) is 0 Å². The number of hydrogen-bond donors (Lipinski definition) is 0.